The van der Waals surface area contributed by atoms with Crippen molar-refractivity contribution < 1.29 is 18.4 Å². The van der Waals surface area contributed by atoms with E-state index < -0.39 is 17.2 Å². The maximum absolute atomic E-state index is 14.4. The summed E-state index contributed by atoms with van der Waals surface area (Å²) in [6, 6.07) is 8.46. The lowest BCUT2D eigenvalue weighted by Gasteiger charge is -2.25. The Labute approximate surface area is 170 Å². The van der Waals surface area contributed by atoms with E-state index in [0.717, 1.165) is 6.07 Å². The molecule has 0 saturated carbocycles. The van der Waals surface area contributed by atoms with Crippen LogP contribution in [0, 0.1) is 17.6 Å². The molecule has 1 amide bonds. The first-order chi connectivity index (χ1) is 13.6. The second kappa shape index (κ2) is 7.93. The second-order valence-corrected chi connectivity index (χ2v) is 8.32. The number of halogens is 2. The molecule has 4 nitrogen and oxygen atoms in total. The van der Waals surface area contributed by atoms with E-state index in [9.17, 15) is 13.6 Å². The molecular formula is C23H26F2N2O2. The summed E-state index contributed by atoms with van der Waals surface area (Å²) < 4.78 is 27.8. The lowest BCUT2D eigenvalue weighted by atomic mass is 9.85. The fourth-order valence-corrected chi connectivity index (χ4v) is 3.17. The molecule has 0 fully saturated rings. The van der Waals surface area contributed by atoms with Gasteiger partial charge in [-0.25, -0.2) is 8.78 Å². The molecule has 154 valence electrons. The summed E-state index contributed by atoms with van der Waals surface area (Å²) in [6.45, 7) is 9.84. The average Bonchev–Trinajstić information content (AvgIpc) is 3.04. The van der Waals surface area contributed by atoms with Crippen LogP contribution in [-0.2, 0) is 4.84 Å². The zero-order valence-electron chi connectivity index (χ0n) is 17.3. The number of nitrogens with zero attached hydrogens (tertiary/aromatic N) is 1. The highest BCUT2D eigenvalue weighted by atomic mass is 19.1. The van der Waals surface area contributed by atoms with Crippen molar-refractivity contribution in [3.63, 3.8) is 0 Å². The third-order valence-corrected chi connectivity index (χ3v) is 5.29. The van der Waals surface area contributed by atoms with Crippen molar-refractivity contribution in [1.29, 1.82) is 0 Å². The molecule has 0 saturated heterocycles. The van der Waals surface area contributed by atoms with Crippen molar-refractivity contribution in [2.75, 3.05) is 0 Å². The topological polar surface area (TPSA) is 50.7 Å². The smallest absolute Gasteiger partial charge is 0.251 e. The molecular weight excluding hydrogens is 374 g/mol. The number of benzene rings is 2. The van der Waals surface area contributed by atoms with Crippen LogP contribution in [0.1, 0.15) is 57.0 Å². The third kappa shape index (κ3) is 4.47. The first-order valence-corrected chi connectivity index (χ1v) is 9.76. The SMILES string of the molecule is CC(C)NC(=O)c1cc(C2=NOC(C)(C(C)C)C2)cc(-c2ccc(F)cc2F)c1. The third-order valence-electron chi connectivity index (χ3n) is 5.29. The highest BCUT2D eigenvalue weighted by Crippen LogP contribution is 2.34. The van der Waals surface area contributed by atoms with E-state index >= 15 is 0 Å². The zero-order chi connectivity index (χ0) is 21.3. The van der Waals surface area contributed by atoms with E-state index in [0.29, 0.717) is 28.8 Å². The van der Waals surface area contributed by atoms with E-state index in [-0.39, 0.29) is 23.4 Å². The normalized spacial score (nSPS) is 18.7. The number of amides is 1. The number of carbonyl (C=O) groups excluding carboxylic acids is 1. The van der Waals surface area contributed by atoms with Gasteiger partial charge in [0.15, 0.2) is 0 Å². The highest BCUT2D eigenvalue weighted by Gasteiger charge is 2.38. The van der Waals surface area contributed by atoms with Gasteiger partial charge >= 0.3 is 0 Å². The molecule has 0 radical (unpaired) electrons. The lowest BCUT2D eigenvalue weighted by Crippen LogP contribution is -2.31. The highest BCUT2D eigenvalue weighted by molar-refractivity contribution is 6.05. The predicted molar refractivity (Wildman–Crippen MR) is 110 cm³/mol. The summed E-state index contributed by atoms with van der Waals surface area (Å²) in [4.78, 5) is 18.3. The van der Waals surface area contributed by atoms with E-state index in [1.807, 2.05) is 20.8 Å². The first kappa shape index (κ1) is 21.0. The van der Waals surface area contributed by atoms with Gasteiger partial charge in [0.2, 0.25) is 0 Å². The van der Waals surface area contributed by atoms with E-state index in [1.165, 1.54) is 12.1 Å². The molecule has 1 heterocycles. The van der Waals surface area contributed by atoms with Gasteiger partial charge in [-0.05, 0) is 62.6 Å². The maximum Gasteiger partial charge on any atom is 0.251 e. The van der Waals surface area contributed by atoms with Gasteiger partial charge in [-0.3, -0.25) is 4.79 Å². The molecule has 2 aromatic rings. The van der Waals surface area contributed by atoms with Gasteiger partial charge in [0.25, 0.3) is 5.91 Å². The van der Waals surface area contributed by atoms with E-state index in [4.69, 9.17) is 4.84 Å². The Morgan fingerprint density at radius 3 is 2.38 bits per heavy atom. The molecule has 0 aromatic heterocycles. The summed E-state index contributed by atoms with van der Waals surface area (Å²) in [5.74, 6) is -1.36. The molecule has 0 bridgehead atoms. The Morgan fingerprint density at radius 1 is 1.10 bits per heavy atom. The van der Waals surface area contributed by atoms with Gasteiger partial charge < -0.3 is 10.2 Å². The van der Waals surface area contributed by atoms with Crippen molar-refractivity contribution in [2.45, 2.75) is 52.7 Å². The maximum atomic E-state index is 14.4. The standard InChI is InChI=1S/C23H26F2N2O2/c1-13(2)23(5)12-21(27-29-23)16-8-15(19-7-6-18(24)11-20(19)25)9-17(10-16)22(28)26-14(3)4/h6-11,13-14H,12H2,1-5H3,(H,26,28). The summed E-state index contributed by atoms with van der Waals surface area (Å²) in [6.07, 6.45) is 0.575. The van der Waals surface area contributed by atoms with E-state index in [2.05, 4.69) is 24.3 Å². The van der Waals surface area contributed by atoms with Gasteiger partial charge in [0.1, 0.15) is 17.2 Å². The van der Waals surface area contributed by atoms with Crippen molar-refractivity contribution in [3.8, 4) is 11.1 Å². The Balaban J connectivity index is 2.08. The van der Waals surface area contributed by atoms with Gasteiger partial charge in [0, 0.05) is 35.2 Å². The monoisotopic (exact) mass is 400 g/mol. The molecule has 29 heavy (non-hydrogen) atoms. The number of carbonyl (C=O) groups is 1. The second-order valence-electron chi connectivity index (χ2n) is 8.32. The van der Waals surface area contributed by atoms with Crippen LogP contribution in [0.15, 0.2) is 41.6 Å². The number of nitrogens with one attached hydrogen (secondary N) is 1. The fourth-order valence-electron chi connectivity index (χ4n) is 3.17. The summed E-state index contributed by atoms with van der Waals surface area (Å²) in [7, 11) is 0. The summed E-state index contributed by atoms with van der Waals surface area (Å²) in [5.41, 5.74) is 2.03. The van der Waals surface area contributed by atoms with Crippen molar-refractivity contribution in [3.05, 3.63) is 59.2 Å². The molecule has 1 aliphatic heterocycles. The average molecular weight is 400 g/mol. The fraction of sp³-hybridized carbons (Fsp3) is 0.391. The molecule has 0 spiro atoms. The molecule has 0 aliphatic carbocycles. The Morgan fingerprint density at radius 2 is 1.79 bits per heavy atom. The van der Waals surface area contributed by atoms with Crippen LogP contribution in [0.25, 0.3) is 11.1 Å². The molecule has 1 aliphatic rings. The predicted octanol–water partition coefficient (Wildman–Crippen LogP) is 5.31. The van der Waals surface area contributed by atoms with Gasteiger partial charge in [-0.2, -0.15) is 0 Å². The molecule has 1 unspecified atom stereocenters. The van der Waals surface area contributed by atoms with Crippen LogP contribution >= 0.6 is 0 Å². The van der Waals surface area contributed by atoms with Crippen molar-refractivity contribution in [1.82, 2.24) is 5.32 Å². The molecule has 1 atom stereocenters. The van der Waals surface area contributed by atoms with Crippen LogP contribution in [0.3, 0.4) is 0 Å². The van der Waals surface area contributed by atoms with Gasteiger partial charge in [-0.15, -0.1) is 0 Å². The van der Waals surface area contributed by atoms with Crippen molar-refractivity contribution in [2.24, 2.45) is 11.1 Å². The molecule has 1 N–H and O–H groups in total. The van der Waals surface area contributed by atoms with Crippen LogP contribution in [0.5, 0.6) is 0 Å². The lowest BCUT2D eigenvalue weighted by molar-refractivity contribution is -0.0384. The molecule has 6 heteroatoms. The number of rotatable bonds is 5. The van der Waals surface area contributed by atoms with Crippen LogP contribution in [-0.4, -0.2) is 23.3 Å². The summed E-state index contributed by atoms with van der Waals surface area (Å²) in [5, 5.41) is 7.09. The van der Waals surface area contributed by atoms with Crippen LogP contribution < -0.4 is 5.32 Å². The molecule has 3 rings (SSSR count). The Hall–Kier alpha value is -2.76. The number of oxime groups is 1. The van der Waals surface area contributed by atoms with E-state index in [1.54, 1.807) is 18.2 Å². The Kier molecular flexibility index (Phi) is 5.73. The first-order valence-electron chi connectivity index (χ1n) is 9.76. The minimum absolute atomic E-state index is 0.0476. The zero-order valence-corrected chi connectivity index (χ0v) is 17.3. The van der Waals surface area contributed by atoms with Crippen molar-refractivity contribution >= 4 is 11.6 Å². The van der Waals surface area contributed by atoms with Crippen LogP contribution in [0.2, 0.25) is 0 Å². The minimum Gasteiger partial charge on any atom is -0.389 e. The van der Waals surface area contributed by atoms with Gasteiger partial charge in [-0.1, -0.05) is 19.0 Å². The minimum atomic E-state index is -0.686. The van der Waals surface area contributed by atoms with Crippen LogP contribution in [0.4, 0.5) is 8.78 Å². The largest absolute Gasteiger partial charge is 0.389 e. The summed E-state index contributed by atoms with van der Waals surface area (Å²) >= 11 is 0. The number of hydrogen-bond acceptors (Lipinski definition) is 3. The number of hydrogen-bond donors (Lipinski definition) is 1. The molecule has 2 aromatic carbocycles. The quantitative estimate of drug-likeness (QED) is 0.740. The van der Waals surface area contributed by atoms with Gasteiger partial charge in [0.05, 0.1) is 5.71 Å². The Bertz CT molecular complexity index is 969.